The number of amides is 1. The molecule has 0 fully saturated rings. The fraction of sp³-hybridized carbons (Fsp3) is 0.350. The largest absolute Gasteiger partial charge is 0.508 e. The highest BCUT2D eigenvalue weighted by Crippen LogP contribution is 2.46. The molecular formula is C20H24N2O4S. The molecule has 0 saturated carbocycles. The van der Waals surface area contributed by atoms with Gasteiger partial charge in [0, 0.05) is 18.0 Å². The zero-order valence-corrected chi connectivity index (χ0v) is 16.4. The van der Waals surface area contributed by atoms with Gasteiger partial charge in [-0.05, 0) is 50.0 Å². The Hall–Kier alpha value is -2.22. The molecule has 27 heavy (non-hydrogen) atoms. The van der Waals surface area contributed by atoms with Crippen LogP contribution < -0.4 is 9.64 Å². The first-order chi connectivity index (χ1) is 12.9. The Morgan fingerprint density at radius 2 is 1.89 bits per heavy atom. The molecule has 6 nitrogen and oxygen atoms in total. The topological polar surface area (TPSA) is 73.2 Å². The minimum Gasteiger partial charge on any atom is -0.508 e. The minimum atomic E-state index is -1.19. The number of methoxy groups -OCH3 is 1. The number of thioether (sulfide) groups is 1. The number of rotatable bonds is 5. The number of carbonyl (C=O) groups is 1. The lowest BCUT2D eigenvalue weighted by Crippen LogP contribution is -2.43. The summed E-state index contributed by atoms with van der Waals surface area (Å²) < 4.78 is 5.19. The number of aromatic hydroxyl groups is 1. The summed E-state index contributed by atoms with van der Waals surface area (Å²) in [4.78, 5) is 17.4. The number of hydrogen-bond acceptors (Lipinski definition) is 6. The number of anilines is 1. The van der Waals surface area contributed by atoms with Crippen LogP contribution in [0.2, 0.25) is 0 Å². The van der Waals surface area contributed by atoms with Gasteiger partial charge >= 0.3 is 0 Å². The highest BCUT2D eigenvalue weighted by atomic mass is 32.2. The Labute approximate surface area is 163 Å². The van der Waals surface area contributed by atoms with E-state index in [-0.39, 0.29) is 11.7 Å². The normalized spacial score (nSPS) is 19.7. The molecule has 144 valence electrons. The molecule has 1 amide bonds. The van der Waals surface area contributed by atoms with Gasteiger partial charge in [0.25, 0.3) is 5.91 Å². The van der Waals surface area contributed by atoms with Gasteiger partial charge in [-0.1, -0.05) is 12.1 Å². The lowest BCUT2D eigenvalue weighted by molar-refractivity contribution is -0.126. The van der Waals surface area contributed by atoms with Gasteiger partial charge in [-0.15, -0.1) is 11.8 Å². The van der Waals surface area contributed by atoms with Gasteiger partial charge in [-0.25, -0.2) is 0 Å². The van der Waals surface area contributed by atoms with Crippen LogP contribution in [0.3, 0.4) is 0 Å². The van der Waals surface area contributed by atoms with Crippen LogP contribution in [0.5, 0.6) is 11.5 Å². The van der Waals surface area contributed by atoms with Crippen molar-refractivity contribution in [3.05, 3.63) is 48.0 Å². The quantitative estimate of drug-likeness (QED) is 0.820. The molecule has 7 heteroatoms. The number of benzene rings is 2. The van der Waals surface area contributed by atoms with Crippen LogP contribution in [0, 0.1) is 0 Å². The maximum Gasteiger partial charge on any atom is 0.257 e. The Balaban J connectivity index is 2.01. The van der Waals surface area contributed by atoms with Crippen molar-refractivity contribution in [3.8, 4) is 11.5 Å². The predicted molar refractivity (Wildman–Crippen MR) is 107 cm³/mol. The SMILES string of the molecule is COc1ccc([C@H]2Sc3cc(O)ccc3N(CCN(C)C)C(=O)[C@H]2O)cc1. The summed E-state index contributed by atoms with van der Waals surface area (Å²) in [7, 11) is 5.46. The molecule has 2 N–H and O–H groups in total. The first-order valence-corrected chi connectivity index (χ1v) is 9.56. The standard InChI is InChI=1S/C20H24N2O4S/c1-21(2)10-11-22-16-9-6-14(23)12-17(16)27-19(18(24)20(22)25)13-4-7-15(26-3)8-5-13/h4-9,12,18-19,23-24H,10-11H2,1-3H3/t18-,19+/m0/s1. The van der Waals surface area contributed by atoms with E-state index in [1.165, 1.54) is 11.8 Å². The van der Waals surface area contributed by atoms with Gasteiger partial charge in [-0.2, -0.15) is 0 Å². The third-order valence-electron chi connectivity index (χ3n) is 4.51. The number of fused-ring (bicyclic) bond motifs is 1. The summed E-state index contributed by atoms with van der Waals surface area (Å²) in [5.74, 6) is 0.504. The zero-order valence-electron chi connectivity index (χ0n) is 15.6. The molecular weight excluding hydrogens is 364 g/mol. The van der Waals surface area contributed by atoms with E-state index in [0.29, 0.717) is 24.5 Å². The molecule has 2 atom stereocenters. The average Bonchev–Trinajstić information content (AvgIpc) is 2.75. The Morgan fingerprint density at radius 3 is 2.52 bits per heavy atom. The Morgan fingerprint density at radius 1 is 1.19 bits per heavy atom. The first-order valence-electron chi connectivity index (χ1n) is 8.68. The van der Waals surface area contributed by atoms with Gasteiger partial charge < -0.3 is 24.7 Å². The van der Waals surface area contributed by atoms with Gasteiger partial charge in [0.15, 0.2) is 0 Å². The third kappa shape index (κ3) is 4.21. The van der Waals surface area contributed by atoms with Crippen molar-refractivity contribution in [3.63, 3.8) is 0 Å². The zero-order chi connectivity index (χ0) is 19.6. The van der Waals surface area contributed by atoms with Gasteiger partial charge in [-0.3, -0.25) is 4.79 Å². The first kappa shape index (κ1) is 19.5. The van der Waals surface area contributed by atoms with Crippen molar-refractivity contribution in [2.45, 2.75) is 16.2 Å². The molecule has 0 unspecified atom stereocenters. The summed E-state index contributed by atoms with van der Waals surface area (Å²) in [5.41, 5.74) is 1.53. The molecule has 0 saturated heterocycles. The fourth-order valence-corrected chi connectivity index (χ4v) is 4.30. The lowest BCUT2D eigenvalue weighted by atomic mass is 10.1. The molecule has 0 aromatic heterocycles. The van der Waals surface area contributed by atoms with Crippen LogP contribution in [-0.2, 0) is 4.79 Å². The van der Waals surface area contributed by atoms with Crippen molar-refractivity contribution < 1.29 is 19.7 Å². The number of likely N-dealkylation sites (N-methyl/N-ethyl adjacent to an activating group) is 1. The molecule has 0 radical (unpaired) electrons. The Bertz CT molecular complexity index is 810. The fourth-order valence-electron chi connectivity index (χ4n) is 3.00. The van der Waals surface area contributed by atoms with Gasteiger partial charge in [0.1, 0.15) is 17.6 Å². The summed E-state index contributed by atoms with van der Waals surface area (Å²) in [6.07, 6.45) is -1.19. The van der Waals surface area contributed by atoms with Crippen molar-refractivity contribution >= 4 is 23.4 Å². The second-order valence-corrected chi connectivity index (χ2v) is 7.89. The molecule has 1 heterocycles. The third-order valence-corrected chi connectivity index (χ3v) is 5.87. The summed E-state index contributed by atoms with van der Waals surface area (Å²) in [6, 6.07) is 12.3. The lowest BCUT2D eigenvalue weighted by Gasteiger charge is -2.26. The van der Waals surface area contributed by atoms with Crippen LogP contribution in [0.1, 0.15) is 10.8 Å². The number of carbonyl (C=O) groups excluding carboxylic acids is 1. The average molecular weight is 388 g/mol. The van der Waals surface area contributed by atoms with E-state index < -0.39 is 11.4 Å². The predicted octanol–water partition coefficient (Wildman–Crippen LogP) is 2.50. The number of hydrogen-bond donors (Lipinski definition) is 2. The van der Waals surface area contributed by atoms with E-state index in [0.717, 1.165) is 10.5 Å². The van der Waals surface area contributed by atoms with Crippen LogP contribution in [-0.4, -0.2) is 61.4 Å². The van der Waals surface area contributed by atoms with Crippen molar-refractivity contribution in [2.75, 3.05) is 39.2 Å². The molecule has 1 aliphatic rings. The summed E-state index contributed by atoms with van der Waals surface area (Å²) >= 11 is 1.38. The molecule has 1 aliphatic heterocycles. The number of nitrogens with zero attached hydrogens (tertiary/aromatic N) is 2. The number of aliphatic hydroxyl groups excluding tert-OH is 1. The maximum absolute atomic E-state index is 13.1. The second kappa shape index (κ2) is 8.21. The van der Waals surface area contributed by atoms with Crippen molar-refractivity contribution in [1.82, 2.24) is 4.90 Å². The maximum atomic E-state index is 13.1. The van der Waals surface area contributed by atoms with Gasteiger partial charge in [0.05, 0.1) is 18.0 Å². The number of phenolic OH excluding ortho intramolecular Hbond substituents is 1. The van der Waals surface area contributed by atoms with E-state index in [9.17, 15) is 15.0 Å². The molecule has 2 aromatic rings. The van der Waals surface area contributed by atoms with E-state index in [1.807, 2.05) is 43.3 Å². The molecule has 0 bridgehead atoms. The van der Waals surface area contributed by atoms with E-state index in [4.69, 9.17) is 4.74 Å². The highest BCUT2D eigenvalue weighted by Gasteiger charge is 2.37. The monoisotopic (exact) mass is 388 g/mol. The van der Waals surface area contributed by atoms with E-state index in [2.05, 4.69) is 0 Å². The molecule has 3 rings (SSSR count). The number of ether oxygens (including phenoxy) is 1. The van der Waals surface area contributed by atoms with Crippen LogP contribution in [0.25, 0.3) is 0 Å². The smallest absolute Gasteiger partial charge is 0.257 e. The Kier molecular flexibility index (Phi) is 5.94. The second-order valence-electron chi connectivity index (χ2n) is 6.70. The number of phenols is 1. The summed E-state index contributed by atoms with van der Waals surface area (Å²) in [6.45, 7) is 1.12. The van der Waals surface area contributed by atoms with Crippen LogP contribution >= 0.6 is 11.8 Å². The molecule has 2 aromatic carbocycles. The molecule has 0 spiro atoms. The van der Waals surface area contributed by atoms with Crippen LogP contribution in [0.4, 0.5) is 5.69 Å². The van der Waals surface area contributed by atoms with E-state index in [1.54, 1.807) is 30.2 Å². The van der Waals surface area contributed by atoms with E-state index >= 15 is 0 Å². The minimum absolute atomic E-state index is 0.131. The van der Waals surface area contributed by atoms with Gasteiger partial charge in [0.2, 0.25) is 0 Å². The van der Waals surface area contributed by atoms with Crippen molar-refractivity contribution in [1.29, 1.82) is 0 Å². The highest BCUT2D eigenvalue weighted by molar-refractivity contribution is 7.99. The molecule has 0 aliphatic carbocycles. The summed E-state index contributed by atoms with van der Waals surface area (Å²) in [5, 5.41) is 20.3. The van der Waals surface area contributed by atoms with Crippen LogP contribution in [0.15, 0.2) is 47.4 Å². The van der Waals surface area contributed by atoms with Crippen molar-refractivity contribution in [2.24, 2.45) is 0 Å². The number of aliphatic hydroxyl groups is 1.